The van der Waals surface area contributed by atoms with Crippen LogP contribution < -0.4 is 5.32 Å². The van der Waals surface area contributed by atoms with Crippen LogP contribution in [-0.4, -0.2) is 29.7 Å². The van der Waals surface area contributed by atoms with Gasteiger partial charge >= 0.3 is 0 Å². The van der Waals surface area contributed by atoms with Crippen molar-refractivity contribution in [3.05, 3.63) is 72.0 Å². The van der Waals surface area contributed by atoms with Gasteiger partial charge in [0.25, 0.3) is 0 Å². The number of rotatable bonds is 4. The first-order valence-electron chi connectivity index (χ1n) is 8.14. The van der Waals surface area contributed by atoms with Gasteiger partial charge in [-0.25, -0.2) is 9.97 Å². The zero-order chi connectivity index (χ0) is 16.2. The van der Waals surface area contributed by atoms with Crippen molar-refractivity contribution in [3.8, 4) is 11.3 Å². The van der Waals surface area contributed by atoms with Crippen LogP contribution in [0.4, 0.5) is 0 Å². The van der Waals surface area contributed by atoms with Crippen LogP contribution in [0.2, 0.25) is 0 Å². The topological polar surface area (TPSA) is 60.2 Å². The standard InChI is InChI=1S/C19H19N3O2/c1-2-17(23-8-1)16-11-21-19(22-12-16)10-14-3-5-15(6-4-14)18-13-20-7-9-24-18/h1-6,8,11-12,18,20H,7,9-10,13H2/t18-/m1/s1. The molecular weight excluding hydrogens is 302 g/mol. The van der Waals surface area contributed by atoms with Crippen LogP contribution in [0.1, 0.15) is 23.1 Å². The van der Waals surface area contributed by atoms with Gasteiger partial charge in [-0.3, -0.25) is 0 Å². The van der Waals surface area contributed by atoms with Crippen LogP contribution in [0.25, 0.3) is 11.3 Å². The Hall–Kier alpha value is -2.50. The maximum absolute atomic E-state index is 5.77. The third-order valence-corrected chi connectivity index (χ3v) is 4.15. The molecule has 24 heavy (non-hydrogen) atoms. The normalized spacial score (nSPS) is 17.8. The molecule has 2 aromatic heterocycles. The lowest BCUT2D eigenvalue weighted by molar-refractivity contribution is 0.0277. The van der Waals surface area contributed by atoms with E-state index < -0.39 is 0 Å². The number of aromatic nitrogens is 2. The number of furan rings is 1. The van der Waals surface area contributed by atoms with E-state index in [1.165, 1.54) is 11.1 Å². The molecule has 5 heteroatoms. The molecule has 0 bridgehead atoms. The molecule has 0 radical (unpaired) electrons. The van der Waals surface area contributed by atoms with Crippen molar-refractivity contribution in [2.45, 2.75) is 12.5 Å². The summed E-state index contributed by atoms with van der Waals surface area (Å²) in [6.07, 6.45) is 6.11. The van der Waals surface area contributed by atoms with Crippen molar-refractivity contribution in [1.29, 1.82) is 0 Å². The minimum absolute atomic E-state index is 0.150. The summed E-state index contributed by atoms with van der Waals surface area (Å²) in [5.74, 6) is 1.58. The third-order valence-electron chi connectivity index (χ3n) is 4.15. The molecule has 1 aliphatic heterocycles. The molecule has 1 aromatic carbocycles. The molecule has 3 aromatic rings. The van der Waals surface area contributed by atoms with Gasteiger partial charge in [0, 0.05) is 31.9 Å². The van der Waals surface area contributed by atoms with Gasteiger partial charge in [0.05, 0.1) is 24.5 Å². The average Bonchev–Trinajstić information content (AvgIpc) is 3.18. The number of ether oxygens (including phenoxy) is 1. The predicted octanol–water partition coefficient (Wildman–Crippen LogP) is 2.99. The lowest BCUT2D eigenvalue weighted by Crippen LogP contribution is -2.33. The van der Waals surface area contributed by atoms with Gasteiger partial charge in [-0.15, -0.1) is 0 Å². The van der Waals surface area contributed by atoms with Crippen molar-refractivity contribution in [1.82, 2.24) is 15.3 Å². The highest BCUT2D eigenvalue weighted by molar-refractivity contribution is 5.54. The smallest absolute Gasteiger partial charge is 0.136 e. The van der Waals surface area contributed by atoms with E-state index in [1.54, 1.807) is 18.7 Å². The summed E-state index contributed by atoms with van der Waals surface area (Å²) >= 11 is 0. The summed E-state index contributed by atoms with van der Waals surface area (Å²) in [4.78, 5) is 8.87. The van der Waals surface area contributed by atoms with E-state index in [4.69, 9.17) is 9.15 Å². The van der Waals surface area contributed by atoms with E-state index in [0.29, 0.717) is 6.42 Å². The van der Waals surface area contributed by atoms with E-state index in [1.807, 2.05) is 12.1 Å². The second-order valence-electron chi connectivity index (χ2n) is 5.85. The monoisotopic (exact) mass is 321 g/mol. The molecule has 4 rings (SSSR count). The Morgan fingerprint density at radius 3 is 2.58 bits per heavy atom. The Bertz CT molecular complexity index is 761. The van der Waals surface area contributed by atoms with Gasteiger partial charge < -0.3 is 14.5 Å². The average molecular weight is 321 g/mol. The molecular formula is C19H19N3O2. The largest absolute Gasteiger partial charge is 0.464 e. The van der Waals surface area contributed by atoms with Gasteiger partial charge in [0.1, 0.15) is 11.6 Å². The van der Waals surface area contributed by atoms with Gasteiger partial charge in [0.15, 0.2) is 0 Å². The highest BCUT2D eigenvalue weighted by atomic mass is 16.5. The van der Waals surface area contributed by atoms with Crippen molar-refractivity contribution in [2.75, 3.05) is 19.7 Å². The van der Waals surface area contributed by atoms with E-state index in [9.17, 15) is 0 Å². The maximum Gasteiger partial charge on any atom is 0.136 e. The Labute approximate surface area is 140 Å². The summed E-state index contributed by atoms with van der Waals surface area (Å²) in [6, 6.07) is 12.3. The first-order chi connectivity index (χ1) is 11.9. The number of benzene rings is 1. The zero-order valence-electron chi connectivity index (χ0n) is 13.3. The molecule has 1 aliphatic rings. The number of hydrogen-bond acceptors (Lipinski definition) is 5. The van der Waals surface area contributed by atoms with Crippen molar-refractivity contribution in [2.24, 2.45) is 0 Å². The van der Waals surface area contributed by atoms with Crippen LogP contribution in [0.3, 0.4) is 0 Å². The molecule has 0 aliphatic carbocycles. The van der Waals surface area contributed by atoms with Crippen molar-refractivity contribution < 1.29 is 9.15 Å². The molecule has 0 amide bonds. The van der Waals surface area contributed by atoms with Crippen LogP contribution in [0, 0.1) is 0 Å². The molecule has 1 fully saturated rings. The maximum atomic E-state index is 5.77. The van der Waals surface area contributed by atoms with Crippen molar-refractivity contribution in [3.63, 3.8) is 0 Å². The molecule has 5 nitrogen and oxygen atoms in total. The summed E-state index contributed by atoms with van der Waals surface area (Å²) in [5, 5.41) is 3.35. The molecule has 1 atom stereocenters. The summed E-state index contributed by atoms with van der Waals surface area (Å²) in [5.41, 5.74) is 3.29. The first kappa shape index (κ1) is 15.1. The molecule has 3 heterocycles. The minimum atomic E-state index is 0.150. The first-order valence-corrected chi connectivity index (χ1v) is 8.14. The number of morpholine rings is 1. The second-order valence-corrected chi connectivity index (χ2v) is 5.85. The van der Waals surface area contributed by atoms with Gasteiger partial charge in [-0.2, -0.15) is 0 Å². The molecule has 0 saturated carbocycles. The summed E-state index contributed by atoms with van der Waals surface area (Å²) in [6.45, 7) is 2.57. The van der Waals surface area contributed by atoms with Gasteiger partial charge in [0.2, 0.25) is 0 Å². The fourth-order valence-electron chi connectivity index (χ4n) is 2.83. The van der Waals surface area contributed by atoms with Crippen LogP contribution in [-0.2, 0) is 11.2 Å². The zero-order valence-corrected chi connectivity index (χ0v) is 13.3. The predicted molar refractivity (Wildman–Crippen MR) is 90.5 cm³/mol. The minimum Gasteiger partial charge on any atom is -0.464 e. The van der Waals surface area contributed by atoms with E-state index in [-0.39, 0.29) is 6.10 Å². The highest BCUT2D eigenvalue weighted by Gasteiger charge is 2.15. The Balaban J connectivity index is 1.43. The SMILES string of the molecule is c1coc(-c2cnc(Cc3ccc([C@H]4CNCCO4)cc3)nc2)c1. The lowest BCUT2D eigenvalue weighted by atomic mass is 10.0. The van der Waals surface area contributed by atoms with E-state index >= 15 is 0 Å². The summed E-state index contributed by atoms with van der Waals surface area (Å²) < 4.78 is 11.1. The van der Waals surface area contributed by atoms with Gasteiger partial charge in [-0.05, 0) is 23.3 Å². The molecule has 0 unspecified atom stereocenters. The Kier molecular flexibility index (Phi) is 4.36. The van der Waals surface area contributed by atoms with E-state index in [0.717, 1.165) is 36.8 Å². The van der Waals surface area contributed by atoms with Crippen molar-refractivity contribution >= 4 is 0 Å². The number of nitrogens with one attached hydrogen (secondary N) is 1. The highest BCUT2D eigenvalue weighted by Crippen LogP contribution is 2.20. The van der Waals surface area contributed by atoms with Crippen LogP contribution >= 0.6 is 0 Å². The van der Waals surface area contributed by atoms with E-state index in [2.05, 4.69) is 39.6 Å². The molecule has 122 valence electrons. The number of nitrogens with zero attached hydrogens (tertiary/aromatic N) is 2. The van der Waals surface area contributed by atoms with Crippen LogP contribution in [0.5, 0.6) is 0 Å². The lowest BCUT2D eigenvalue weighted by Gasteiger charge is -2.24. The fraction of sp³-hybridized carbons (Fsp3) is 0.263. The molecule has 1 N–H and O–H groups in total. The Morgan fingerprint density at radius 1 is 1.08 bits per heavy atom. The Morgan fingerprint density at radius 2 is 1.92 bits per heavy atom. The molecule has 0 spiro atoms. The number of hydrogen-bond donors (Lipinski definition) is 1. The third kappa shape index (κ3) is 3.37. The second kappa shape index (κ2) is 6.95. The van der Waals surface area contributed by atoms with Crippen LogP contribution in [0.15, 0.2) is 59.5 Å². The fourth-order valence-corrected chi connectivity index (χ4v) is 2.83. The quantitative estimate of drug-likeness (QED) is 0.800. The summed E-state index contributed by atoms with van der Waals surface area (Å²) in [7, 11) is 0. The molecule has 1 saturated heterocycles. The van der Waals surface area contributed by atoms with Gasteiger partial charge in [-0.1, -0.05) is 24.3 Å².